The molecule has 38 heavy (non-hydrogen) atoms. The smallest absolute Gasteiger partial charge is 0.355 e. The quantitative estimate of drug-likeness (QED) is 0.410. The molecule has 1 aromatic carbocycles. The Bertz CT molecular complexity index is 1630. The van der Waals surface area contributed by atoms with Gasteiger partial charge in [0.25, 0.3) is 5.56 Å². The minimum atomic E-state index is -1.80. The summed E-state index contributed by atoms with van der Waals surface area (Å²) in [6.07, 6.45) is 2.55. The highest BCUT2D eigenvalue weighted by atomic mass is 19.1. The lowest BCUT2D eigenvalue weighted by molar-refractivity contribution is -0.190. The van der Waals surface area contributed by atoms with Gasteiger partial charge in [0.05, 0.1) is 29.0 Å². The Labute approximate surface area is 218 Å². The predicted molar refractivity (Wildman–Crippen MR) is 138 cm³/mol. The molecule has 0 bridgehead atoms. The summed E-state index contributed by atoms with van der Waals surface area (Å²) < 4.78 is 27.7. The van der Waals surface area contributed by atoms with Crippen LogP contribution in [0.2, 0.25) is 0 Å². The molecule has 6 rings (SSSR count). The first kappa shape index (κ1) is 24.7. The zero-order valence-corrected chi connectivity index (χ0v) is 21.9. The molecule has 198 valence electrons. The Morgan fingerprint density at radius 1 is 1.21 bits per heavy atom. The van der Waals surface area contributed by atoms with Crippen LogP contribution in [0.25, 0.3) is 22.3 Å². The summed E-state index contributed by atoms with van der Waals surface area (Å²) in [4.78, 5) is 44.8. The van der Waals surface area contributed by atoms with Gasteiger partial charge in [0.15, 0.2) is 0 Å². The summed E-state index contributed by atoms with van der Waals surface area (Å²) in [6.45, 7) is 7.18. The summed E-state index contributed by atoms with van der Waals surface area (Å²) in [7, 11) is 0. The van der Waals surface area contributed by atoms with Crippen molar-refractivity contribution in [3.63, 3.8) is 0 Å². The van der Waals surface area contributed by atoms with Crippen LogP contribution in [0.4, 0.5) is 4.39 Å². The summed E-state index contributed by atoms with van der Waals surface area (Å²) in [5.41, 5.74) is 9.83. The number of hydrogen-bond donors (Lipinski definition) is 1. The van der Waals surface area contributed by atoms with E-state index in [1.807, 2.05) is 0 Å². The van der Waals surface area contributed by atoms with Crippen LogP contribution < -0.4 is 11.3 Å². The average Bonchev–Trinajstić information content (AvgIpc) is 3.27. The van der Waals surface area contributed by atoms with Crippen molar-refractivity contribution < 1.29 is 23.5 Å². The minimum Gasteiger partial charge on any atom is -0.457 e. The molecular weight excluding hydrogens is 489 g/mol. The zero-order valence-electron chi connectivity index (χ0n) is 21.9. The number of benzene rings is 1. The molecule has 0 saturated carbocycles. The van der Waals surface area contributed by atoms with Crippen LogP contribution in [0.3, 0.4) is 0 Å². The average molecular weight is 520 g/mol. The van der Waals surface area contributed by atoms with Gasteiger partial charge in [-0.05, 0) is 61.3 Å². The SMILES string of the molecule is CC[C@@]1(OC(=O)[C@@H](N)C(C)C)C(=O)OCc2c1cc1n(c2=O)Cc2c-1nc1cc(F)c(C)c3c1c2CCC3. The van der Waals surface area contributed by atoms with Gasteiger partial charge in [-0.25, -0.2) is 14.2 Å². The summed E-state index contributed by atoms with van der Waals surface area (Å²) in [6, 6.07) is 2.24. The van der Waals surface area contributed by atoms with Crippen LogP contribution >= 0.6 is 0 Å². The van der Waals surface area contributed by atoms with Crippen molar-refractivity contribution in [1.82, 2.24) is 9.55 Å². The van der Waals surface area contributed by atoms with Crippen molar-refractivity contribution in [2.75, 3.05) is 0 Å². The lowest BCUT2D eigenvalue weighted by Gasteiger charge is -2.36. The van der Waals surface area contributed by atoms with Gasteiger partial charge in [0.1, 0.15) is 18.5 Å². The van der Waals surface area contributed by atoms with Gasteiger partial charge < -0.3 is 19.8 Å². The number of esters is 2. The molecule has 2 atom stereocenters. The van der Waals surface area contributed by atoms with Gasteiger partial charge in [-0.2, -0.15) is 0 Å². The van der Waals surface area contributed by atoms with Crippen molar-refractivity contribution >= 4 is 22.8 Å². The van der Waals surface area contributed by atoms with E-state index in [0.717, 1.165) is 41.3 Å². The third kappa shape index (κ3) is 3.24. The first-order valence-corrected chi connectivity index (χ1v) is 13.2. The van der Waals surface area contributed by atoms with Crippen LogP contribution in [-0.4, -0.2) is 27.5 Å². The highest BCUT2D eigenvalue weighted by molar-refractivity contribution is 5.93. The number of hydrogen-bond acceptors (Lipinski definition) is 7. The second kappa shape index (κ2) is 8.46. The van der Waals surface area contributed by atoms with E-state index in [2.05, 4.69) is 0 Å². The van der Waals surface area contributed by atoms with Crippen molar-refractivity contribution in [2.24, 2.45) is 11.7 Å². The van der Waals surface area contributed by atoms with E-state index in [4.69, 9.17) is 20.2 Å². The maximum absolute atomic E-state index is 14.8. The third-order valence-electron chi connectivity index (χ3n) is 8.50. The summed E-state index contributed by atoms with van der Waals surface area (Å²) in [5, 5.41) is 0.984. The van der Waals surface area contributed by atoms with E-state index < -0.39 is 23.6 Å². The molecule has 3 aliphatic rings. The molecule has 1 aliphatic carbocycles. The lowest BCUT2D eigenvalue weighted by Crippen LogP contribution is -2.50. The van der Waals surface area contributed by atoms with E-state index in [9.17, 15) is 18.8 Å². The monoisotopic (exact) mass is 519 g/mol. The number of carbonyl (C=O) groups excluding carboxylic acids is 2. The molecule has 0 saturated heterocycles. The molecule has 9 heteroatoms. The Kier molecular flexibility index (Phi) is 5.51. The normalized spacial score (nSPS) is 20.1. The molecule has 0 fully saturated rings. The number of aromatic nitrogens is 2. The second-order valence-electron chi connectivity index (χ2n) is 10.9. The molecule has 0 radical (unpaired) electrons. The number of halogens is 1. The Morgan fingerprint density at radius 2 is 1.95 bits per heavy atom. The molecule has 8 nitrogen and oxygen atoms in total. The molecule has 2 aromatic heterocycles. The van der Waals surface area contributed by atoms with Gasteiger partial charge >= 0.3 is 11.9 Å². The van der Waals surface area contributed by atoms with Crippen molar-refractivity contribution in [2.45, 2.75) is 78.2 Å². The fourth-order valence-electron chi connectivity index (χ4n) is 6.19. The number of rotatable bonds is 4. The number of nitrogens with two attached hydrogens (primary N) is 1. The maximum atomic E-state index is 14.8. The number of carbonyl (C=O) groups is 2. The fraction of sp³-hybridized carbons (Fsp3) is 0.448. The number of fused-ring (bicyclic) bond motifs is 5. The van der Waals surface area contributed by atoms with E-state index >= 15 is 0 Å². The van der Waals surface area contributed by atoms with Crippen LogP contribution in [0.15, 0.2) is 16.9 Å². The highest BCUT2D eigenvalue weighted by Gasteiger charge is 2.51. The van der Waals surface area contributed by atoms with E-state index in [1.165, 1.54) is 6.07 Å². The predicted octanol–water partition coefficient (Wildman–Crippen LogP) is 3.55. The third-order valence-corrected chi connectivity index (χ3v) is 8.50. The topological polar surface area (TPSA) is 114 Å². The summed E-state index contributed by atoms with van der Waals surface area (Å²) in [5.74, 6) is -1.98. The zero-order chi connectivity index (χ0) is 27.1. The number of ether oxygens (including phenoxy) is 2. The molecule has 2 N–H and O–H groups in total. The van der Waals surface area contributed by atoms with Crippen molar-refractivity contribution in [1.29, 1.82) is 0 Å². The lowest BCUT2D eigenvalue weighted by atomic mass is 9.84. The first-order valence-electron chi connectivity index (χ1n) is 13.2. The number of pyridine rings is 2. The van der Waals surface area contributed by atoms with Crippen LogP contribution in [0.1, 0.15) is 67.0 Å². The number of aryl methyl sites for hydroxylation is 2. The van der Waals surface area contributed by atoms with E-state index in [0.29, 0.717) is 34.6 Å². The molecule has 3 aromatic rings. The highest BCUT2D eigenvalue weighted by Crippen LogP contribution is 2.44. The Morgan fingerprint density at radius 3 is 2.66 bits per heavy atom. The number of nitrogens with zero attached hydrogens (tertiary/aromatic N) is 2. The number of cyclic esters (lactones) is 1. The van der Waals surface area contributed by atoms with E-state index in [-0.39, 0.29) is 35.9 Å². The maximum Gasteiger partial charge on any atom is 0.355 e. The van der Waals surface area contributed by atoms with Gasteiger partial charge in [-0.3, -0.25) is 9.59 Å². The minimum absolute atomic E-state index is 0.0649. The van der Waals surface area contributed by atoms with Gasteiger partial charge in [-0.1, -0.05) is 20.8 Å². The molecule has 0 unspecified atom stereocenters. The van der Waals surface area contributed by atoms with Crippen molar-refractivity contribution in [3.8, 4) is 11.4 Å². The van der Waals surface area contributed by atoms with Gasteiger partial charge in [0.2, 0.25) is 5.60 Å². The molecule has 0 amide bonds. The largest absolute Gasteiger partial charge is 0.457 e. The Balaban J connectivity index is 1.58. The van der Waals surface area contributed by atoms with Crippen LogP contribution in [0.5, 0.6) is 0 Å². The second-order valence-corrected chi connectivity index (χ2v) is 10.9. The van der Waals surface area contributed by atoms with Crippen molar-refractivity contribution in [3.05, 3.63) is 61.7 Å². The fourth-order valence-corrected chi connectivity index (χ4v) is 6.19. The molecule has 4 heterocycles. The molecule has 2 aliphatic heterocycles. The standard InChI is InChI=1S/C29H30FN3O5/c1-5-29(38-27(35)24(31)13(2)3)19-9-22-25-17(11-33(22)26(34)18(19)12-37-28(29)36)16-8-6-7-15-14(4)20(30)10-21(32-25)23(15)16/h9-10,13,24H,5-8,11-12,31H2,1-4H3/t24-,29-/m0/s1. The molecular formula is C29H30FN3O5. The summed E-state index contributed by atoms with van der Waals surface area (Å²) >= 11 is 0. The van der Waals surface area contributed by atoms with Gasteiger partial charge in [-0.15, -0.1) is 0 Å². The van der Waals surface area contributed by atoms with Crippen LogP contribution in [0, 0.1) is 18.7 Å². The van der Waals surface area contributed by atoms with E-state index in [1.54, 1.807) is 38.3 Å². The first-order chi connectivity index (χ1) is 18.1. The van der Waals surface area contributed by atoms with Crippen LogP contribution in [-0.2, 0) is 50.7 Å². The molecule has 0 spiro atoms. The Hall–Kier alpha value is -3.59. The van der Waals surface area contributed by atoms with Gasteiger partial charge in [0, 0.05) is 22.6 Å².